The summed E-state index contributed by atoms with van der Waals surface area (Å²) in [5, 5.41) is 2.66. The molecule has 6 nitrogen and oxygen atoms in total. The SMILES string of the molecule is CN(CCCC1CC(c2ccc(F)cc2)NN1)C(=O)CCNC(=O)c1ccc(F)cc1Cl. The van der Waals surface area contributed by atoms with Gasteiger partial charge in [0.2, 0.25) is 5.91 Å². The van der Waals surface area contributed by atoms with E-state index in [1.165, 1.54) is 18.2 Å². The van der Waals surface area contributed by atoms with Crippen molar-refractivity contribution >= 4 is 23.4 Å². The minimum atomic E-state index is -0.516. The zero-order chi connectivity index (χ0) is 23.1. The zero-order valence-electron chi connectivity index (χ0n) is 17.8. The number of benzene rings is 2. The number of hydrogen-bond donors (Lipinski definition) is 3. The normalized spacial score (nSPS) is 17.9. The number of nitrogens with zero attached hydrogens (tertiary/aromatic N) is 1. The number of nitrogens with one attached hydrogen (secondary N) is 3. The summed E-state index contributed by atoms with van der Waals surface area (Å²) in [5.41, 5.74) is 7.71. The van der Waals surface area contributed by atoms with Gasteiger partial charge in [0.25, 0.3) is 5.91 Å². The van der Waals surface area contributed by atoms with Crippen LogP contribution in [0.4, 0.5) is 8.78 Å². The summed E-state index contributed by atoms with van der Waals surface area (Å²) < 4.78 is 26.2. The van der Waals surface area contributed by atoms with Gasteiger partial charge in [0.1, 0.15) is 11.6 Å². The van der Waals surface area contributed by atoms with Gasteiger partial charge in [-0.3, -0.25) is 20.4 Å². The summed E-state index contributed by atoms with van der Waals surface area (Å²) in [6.07, 6.45) is 2.77. The van der Waals surface area contributed by atoms with Crippen LogP contribution in [-0.2, 0) is 4.79 Å². The summed E-state index contributed by atoms with van der Waals surface area (Å²) in [5.74, 6) is -1.28. The highest BCUT2D eigenvalue weighted by Gasteiger charge is 2.24. The minimum Gasteiger partial charge on any atom is -0.351 e. The second kappa shape index (κ2) is 11.4. The largest absolute Gasteiger partial charge is 0.351 e. The number of amides is 2. The summed E-state index contributed by atoms with van der Waals surface area (Å²) >= 11 is 5.88. The predicted octanol–water partition coefficient (Wildman–Crippen LogP) is 3.58. The summed E-state index contributed by atoms with van der Waals surface area (Å²) in [4.78, 5) is 26.1. The molecule has 2 unspecified atom stereocenters. The van der Waals surface area contributed by atoms with E-state index in [0.29, 0.717) is 6.54 Å². The molecule has 1 saturated heterocycles. The van der Waals surface area contributed by atoms with E-state index in [2.05, 4.69) is 16.2 Å². The van der Waals surface area contributed by atoms with Crippen LogP contribution in [0.3, 0.4) is 0 Å². The molecule has 0 radical (unpaired) electrons. The quantitative estimate of drug-likeness (QED) is 0.530. The van der Waals surface area contributed by atoms with E-state index in [1.807, 2.05) is 0 Å². The molecule has 2 amide bonds. The van der Waals surface area contributed by atoms with Crippen molar-refractivity contribution in [3.05, 3.63) is 70.2 Å². The van der Waals surface area contributed by atoms with Crippen molar-refractivity contribution < 1.29 is 18.4 Å². The highest BCUT2D eigenvalue weighted by Crippen LogP contribution is 2.24. The third kappa shape index (κ3) is 6.72. The topological polar surface area (TPSA) is 73.5 Å². The van der Waals surface area contributed by atoms with E-state index in [4.69, 9.17) is 11.6 Å². The lowest BCUT2D eigenvalue weighted by Gasteiger charge is -2.18. The Morgan fingerprint density at radius 1 is 1.12 bits per heavy atom. The first-order chi connectivity index (χ1) is 15.3. The third-order valence-corrected chi connectivity index (χ3v) is 5.84. The molecule has 32 heavy (non-hydrogen) atoms. The first-order valence-electron chi connectivity index (χ1n) is 10.6. The van der Waals surface area contributed by atoms with Gasteiger partial charge in [-0.1, -0.05) is 23.7 Å². The Hall–Kier alpha value is -2.55. The average Bonchev–Trinajstić information content (AvgIpc) is 3.22. The summed E-state index contributed by atoms with van der Waals surface area (Å²) in [7, 11) is 1.74. The van der Waals surface area contributed by atoms with Crippen LogP contribution in [-0.4, -0.2) is 42.9 Å². The molecule has 1 aliphatic heterocycles. The maximum Gasteiger partial charge on any atom is 0.252 e. The molecular formula is C23H27ClF2N4O2. The van der Waals surface area contributed by atoms with Crippen LogP contribution in [0, 0.1) is 11.6 Å². The van der Waals surface area contributed by atoms with Crippen LogP contribution in [0.2, 0.25) is 5.02 Å². The predicted molar refractivity (Wildman–Crippen MR) is 119 cm³/mol. The smallest absolute Gasteiger partial charge is 0.252 e. The van der Waals surface area contributed by atoms with Gasteiger partial charge in [-0.2, -0.15) is 0 Å². The molecule has 9 heteroatoms. The van der Waals surface area contributed by atoms with E-state index < -0.39 is 11.7 Å². The van der Waals surface area contributed by atoms with E-state index >= 15 is 0 Å². The van der Waals surface area contributed by atoms with Gasteiger partial charge in [-0.25, -0.2) is 8.78 Å². The molecule has 2 aromatic carbocycles. The second-order valence-corrected chi connectivity index (χ2v) is 8.32. The molecule has 0 saturated carbocycles. The maximum absolute atomic E-state index is 13.1. The van der Waals surface area contributed by atoms with Crippen LogP contribution in [0.15, 0.2) is 42.5 Å². The van der Waals surface area contributed by atoms with Gasteiger partial charge in [-0.05, 0) is 55.2 Å². The number of carbonyl (C=O) groups excluding carboxylic acids is 2. The molecule has 0 spiro atoms. The maximum atomic E-state index is 13.1. The highest BCUT2D eigenvalue weighted by molar-refractivity contribution is 6.33. The lowest BCUT2D eigenvalue weighted by atomic mass is 9.99. The van der Waals surface area contributed by atoms with E-state index in [9.17, 15) is 18.4 Å². The Labute approximate surface area is 191 Å². The highest BCUT2D eigenvalue weighted by atomic mass is 35.5. The molecule has 3 rings (SSSR count). The van der Waals surface area contributed by atoms with Crippen LogP contribution in [0.1, 0.15) is 47.6 Å². The van der Waals surface area contributed by atoms with Crippen LogP contribution in [0.5, 0.6) is 0 Å². The molecule has 1 fully saturated rings. The molecule has 2 aromatic rings. The van der Waals surface area contributed by atoms with Crippen molar-refractivity contribution in [2.24, 2.45) is 0 Å². The number of hydrazine groups is 1. The molecule has 3 N–H and O–H groups in total. The average molecular weight is 465 g/mol. The fourth-order valence-corrected chi connectivity index (χ4v) is 3.92. The van der Waals surface area contributed by atoms with Crippen molar-refractivity contribution in [2.45, 2.75) is 37.8 Å². The van der Waals surface area contributed by atoms with Crippen molar-refractivity contribution in [1.82, 2.24) is 21.1 Å². The van der Waals surface area contributed by atoms with E-state index in [0.717, 1.165) is 37.0 Å². The first-order valence-corrected chi connectivity index (χ1v) is 10.9. The third-order valence-electron chi connectivity index (χ3n) is 5.53. The summed E-state index contributed by atoms with van der Waals surface area (Å²) in [6.45, 7) is 0.777. The first kappa shape index (κ1) is 24.1. The van der Waals surface area contributed by atoms with Crippen molar-refractivity contribution in [3.8, 4) is 0 Å². The Balaban J connectivity index is 1.32. The van der Waals surface area contributed by atoms with Crippen molar-refractivity contribution in [3.63, 3.8) is 0 Å². The molecule has 172 valence electrons. The Morgan fingerprint density at radius 2 is 1.84 bits per heavy atom. The van der Waals surface area contributed by atoms with E-state index in [1.54, 1.807) is 24.1 Å². The Morgan fingerprint density at radius 3 is 2.56 bits per heavy atom. The molecule has 2 atom stereocenters. The minimum absolute atomic E-state index is 0.0302. The van der Waals surface area contributed by atoms with Crippen molar-refractivity contribution in [2.75, 3.05) is 20.1 Å². The molecular weight excluding hydrogens is 438 g/mol. The van der Waals surface area contributed by atoms with Gasteiger partial charge in [-0.15, -0.1) is 0 Å². The monoisotopic (exact) mass is 464 g/mol. The lowest BCUT2D eigenvalue weighted by molar-refractivity contribution is -0.129. The van der Waals surface area contributed by atoms with Gasteiger partial charge in [0.05, 0.1) is 10.6 Å². The van der Waals surface area contributed by atoms with Gasteiger partial charge in [0.15, 0.2) is 0 Å². The number of hydrogen-bond acceptors (Lipinski definition) is 4. The number of carbonyl (C=O) groups is 2. The zero-order valence-corrected chi connectivity index (χ0v) is 18.6. The molecule has 1 aliphatic rings. The molecule has 0 bridgehead atoms. The van der Waals surface area contributed by atoms with E-state index in [-0.39, 0.29) is 47.4 Å². The van der Waals surface area contributed by atoms with Crippen LogP contribution < -0.4 is 16.2 Å². The van der Waals surface area contributed by atoms with Crippen LogP contribution in [0.25, 0.3) is 0 Å². The fourth-order valence-electron chi connectivity index (χ4n) is 3.67. The van der Waals surface area contributed by atoms with Gasteiger partial charge >= 0.3 is 0 Å². The van der Waals surface area contributed by atoms with Crippen molar-refractivity contribution in [1.29, 1.82) is 0 Å². The second-order valence-electron chi connectivity index (χ2n) is 7.91. The standard InChI is InChI=1S/C23H27ClF2N4O2/c1-30(22(31)10-11-27-23(32)19-9-8-17(26)13-20(19)24)12-2-3-18-14-21(29-28-18)15-4-6-16(25)7-5-15/h4-9,13,18,21,28-29H,2-3,10-12,14H2,1H3,(H,27,32). The summed E-state index contributed by atoms with van der Waals surface area (Å²) in [6, 6.07) is 10.4. The lowest BCUT2D eigenvalue weighted by Crippen LogP contribution is -2.34. The molecule has 0 aromatic heterocycles. The Kier molecular flexibility index (Phi) is 8.55. The fraction of sp³-hybridized carbons (Fsp3) is 0.391. The van der Waals surface area contributed by atoms with Gasteiger partial charge in [0, 0.05) is 38.6 Å². The molecule has 1 heterocycles. The number of rotatable bonds is 9. The Bertz CT molecular complexity index is 942. The number of halogens is 3. The van der Waals surface area contributed by atoms with Crippen LogP contribution >= 0.6 is 11.6 Å². The van der Waals surface area contributed by atoms with Gasteiger partial charge < -0.3 is 10.2 Å². The molecule has 0 aliphatic carbocycles.